The SMILES string of the molecule is NC(=O)c1cncc(-n2cccc(N[C@H]3CC[C@H](Nc4ncc(OC(F)F)cn4)C3)c2=O)c1. The summed E-state index contributed by atoms with van der Waals surface area (Å²) in [6, 6.07) is 5.00. The zero-order chi connectivity index (χ0) is 23.4. The molecule has 1 saturated carbocycles. The van der Waals surface area contributed by atoms with Gasteiger partial charge in [-0.2, -0.15) is 8.78 Å². The van der Waals surface area contributed by atoms with E-state index in [1.54, 1.807) is 18.3 Å². The number of nitrogens with two attached hydrogens (primary N) is 1. The maximum Gasteiger partial charge on any atom is 0.387 e. The Morgan fingerprint density at radius 3 is 2.58 bits per heavy atom. The lowest BCUT2D eigenvalue weighted by atomic mass is 10.2. The van der Waals surface area contributed by atoms with Gasteiger partial charge in [-0.25, -0.2) is 9.97 Å². The highest BCUT2D eigenvalue weighted by molar-refractivity contribution is 5.92. The van der Waals surface area contributed by atoms with E-state index in [4.69, 9.17) is 5.73 Å². The Kier molecular flexibility index (Phi) is 6.43. The molecule has 4 N–H and O–H groups in total. The number of ether oxygens (including phenoxy) is 1. The third kappa shape index (κ3) is 5.40. The number of anilines is 2. The molecule has 3 aromatic heterocycles. The summed E-state index contributed by atoms with van der Waals surface area (Å²) in [5.74, 6) is -0.430. The van der Waals surface area contributed by atoms with Gasteiger partial charge in [0.1, 0.15) is 5.69 Å². The maximum atomic E-state index is 13.0. The van der Waals surface area contributed by atoms with Crippen molar-refractivity contribution < 1.29 is 18.3 Å². The quantitative estimate of drug-likeness (QED) is 0.468. The van der Waals surface area contributed by atoms with Gasteiger partial charge in [0.05, 0.1) is 29.8 Å². The number of nitrogens with one attached hydrogen (secondary N) is 2. The standard InChI is InChI=1S/C21H21F2N7O3/c22-20(23)33-16-10-26-21(27-11-16)29-14-4-3-13(7-14)28-17-2-1-5-30(19(17)32)15-6-12(18(24)31)8-25-9-15/h1-2,5-6,8-11,13-14,20,28H,3-4,7H2,(H2,24,31)(H,26,27,29)/t13-,14-/m0/s1. The molecule has 0 bridgehead atoms. The molecular weight excluding hydrogens is 436 g/mol. The van der Waals surface area contributed by atoms with Gasteiger partial charge in [0.15, 0.2) is 5.75 Å². The van der Waals surface area contributed by atoms with E-state index in [2.05, 4.69) is 30.3 Å². The van der Waals surface area contributed by atoms with Gasteiger partial charge in [-0.3, -0.25) is 19.1 Å². The Bertz CT molecular complexity index is 1190. The van der Waals surface area contributed by atoms with E-state index >= 15 is 0 Å². The Balaban J connectivity index is 1.40. The predicted octanol–water partition coefficient (Wildman–Crippen LogP) is 2.17. The van der Waals surface area contributed by atoms with Crippen LogP contribution in [0.2, 0.25) is 0 Å². The van der Waals surface area contributed by atoms with E-state index in [1.165, 1.54) is 35.4 Å². The lowest BCUT2D eigenvalue weighted by Gasteiger charge is -2.16. The molecule has 0 saturated heterocycles. The molecule has 3 aromatic rings. The fraction of sp³-hybridized carbons (Fsp3) is 0.286. The zero-order valence-electron chi connectivity index (χ0n) is 17.3. The first-order valence-corrected chi connectivity index (χ1v) is 10.2. The van der Waals surface area contributed by atoms with Crippen LogP contribution in [0.4, 0.5) is 20.4 Å². The molecule has 1 aliphatic carbocycles. The van der Waals surface area contributed by atoms with Crippen LogP contribution in [0.5, 0.6) is 5.75 Å². The van der Waals surface area contributed by atoms with Crippen molar-refractivity contribution in [3.05, 3.63) is 65.1 Å². The van der Waals surface area contributed by atoms with Crippen molar-refractivity contribution in [2.24, 2.45) is 5.73 Å². The molecule has 0 spiro atoms. The van der Waals surface area contributed by atoms with Gasteiger partial charge < -0.3 is 21.1 Å². The summed E-state index contributed by atoms with van der Waals surface area (Å²) in [7, 11) is 0. The number of pyridine rings is 2. The molecule has 33 heavy (non-hydrogen) atoms. The number of hydrogen-bond donors (Lipinski definition) is 3. The average Bonchev–Trinajstić information content (AvgIpc) is 3.23. The summed E-state index contributed by atoms with van der Waals surface area (Å²) in [6.45, 7) is -2.93. The van der Waals surface area contributed by atoms with Crippen LogP contribution in [0.3, 0.4) is 0 Å². The second-order valence-corrected chi connectivity index (χ2v) is 7.51. The van der Waals surface area contributed by atoms with Gasteiger partial charge in [-0.05, 0) is 37.5 Å². The Morgan fingerprint density at radius 2 is 1.88 bits per heavy atom. The summed E-state index contributed by atoms with van der Waals surface area (Å²) in [5, 5.41) is 6.44. The molecule has 4 rings (SSSR count). The van der Waals surface area contributed by atoms with Crippen LogP contribution in [0.15, 0.2) is 54.0 Å². The zero-order valence-corrected chi connectivity index (χ0v) is 17.3. The summed E-state index contributed by atoms with van der Waals surface area (Å²) in [6.07, 6.45) is 9.08. The number of halogens is 2. The lowest BCUT2D eigenvalue weighted by molar-refractivity contribution is -0.0503. The van der Waals surface area contributed by atoms with Crippen molar-refractivity contribution in [2.75, 3.05) is 10.6 Å². The van der Waals surface area contributed by atoms with Crippen molar-refractivity contribution in [1.29, 1.82) is 0 Å². The molecule has 0 aliphatic heterocycles. The molecule has 3 heterocycles. The Morgan fingerprint density at radius 1 is 1.15 bits per heavy atom. The monoisotopic (exact) mass is 457 g/mol. The highest BCUT2D eigenvalue weighted by Crippen LogP contribution is 2.25. The normalized spacial score (nSPS) is 17.7. The van der Waals surface area contributed by atoms with Gasteiger partial charge in [0.25, 0.3) is 5.56 Å². The molecular formula is C21H21F2N7O3. The largest absolute Gasteiger partial charge is 0.432 e. The number of hydrogen-bond acceptors (Lipinski definition) is 8. The van der Waals surface area contributed by atoms with Crippen LogP contribution in [0.1, 0.15) is 29.6 Å². The van der Waals surface area contributed by atoms with E-state index in [-0.39, 0.29) is 29.0 Å². The minimum absolute atomic E-state index is 0.0302. The molecule has 1 aliphatic rings. The molecule has 10 nitrogen and oxygen atoms in total. The van der Waals surface area contributed by atoms with Gasteiger partial charge >= 0.3 is 6.61 Å². The number of alkyl halides is 2. The van der Waals surface area contributed by atoms with Crippen molar-refractivity contribution in [1.82, 2.24) is 19.5 Å². The highest BCUT2D eigenvalue weighted by atomic mass is 19.3. The van der Waals surface area contributed by atoms with Crippen molar-refractivity contribution in [3.63, 3.8) is 0 Å². The maximum absolute atomic E-state index is 13.0. The number of aromatic nitrogens is 4. The van der Waals surface area contributed by atoms with Crippen LogP contribution in [-0.4, -0.2) is 44.1 Å². The highest BCUT2D eigenvalue weighted by Gasteiger charge is 2.26. The van der Waals surface area contributed by atoms with Crippen molar-refractivity contribution in [2.45, 2.75) is 38.0 Å². The second-order valence-electron chi connectivity index (χ2n) is 7.51. The molecule has 172 valence electrons. The molecule has 0 radical (unpaired) electrons. The number of nitrogens with zero attached hydrogens (tertiary/aromatic N) is 4. The van der Waals surface area contributed by atoms with Crippen LogP contribution in [0, 0.1) is 0 Å². The summed E-state index contributed by atoms with van der Waals surface area (Å²) in [4.78, 5) is 36.4. The predicted molar refractivity (Wildman–Crippen MR) is 116 cm³/mol. The van der Waals surface area contributed by atoms with Crippen LogP contribution < -0.4 is 26.7 Å². The number of primary amides is 1. The topological polar surface area (TPSA) is 137 Å². The first-order chi connectivity index (χ1) is 15.9. The van der Waals surface area contributed by atoms with Gasteiger partial charge in [0, 0.05) is 24.5 Å². The van der Waals surface area contributed by atoms with Gasteiger partial charge in [0.2, 0.25) is 11.9 Å². The summed E-state index contributed by atoms with van der Waals surface area (Å²) in [5.41, 5.74) is 6.07. The van der Waals surface area contributed by atoms with Gasteiger partial charge in [-0.1, -0.05) is 0 Å². The average molecular weight is 457 g/mol. The molecule has 12 heteroatoms. The molecule has 1 fully saturated rings. The molecule has 0 unspecified atom stereocenters. The first kappa shape index (κ1) is 22.1. The minimum Gasteiger partial charge on any atom is -0.432 e. The number of rotatable bonds is 8. The van der Waals surface area contributed by atoms with Gasteiger partial charge in [-0.15, -0.1) is 0 Å². The first-order valence-electron chi connectivity index (χ1n) is 10.2. The molecule has 0 aromatic carbocycles. The smallest absolute Gasteiger partial charge is 0.387 e. The number of carbonyl (C=O) groups is 1. The fourth-order valence-electron chi connectivity index (χ4n) is 3.70. The number of amides is 1. The molecule has 2 atom stereocenters. The second kappa shape index (κ2) is 9.59. The third-order valence-electron chi connectivity index (χ3n) is 5.21. The van der Waals surface area contributed by atoms with Crippen LogP contribution >= 0.6 is 0 Å². The Labute approximate surface area is 186 Å². The van der Waals surface area contributed by atoms with E-state index in [1.807, 2.05) is 0 Å². The lowest BCUT2D eigenvalue weighted by Crippen LogP contribution is -2.27. The van der Waals surface area contributed by atoms with Crippen molar-refractivity contribution >= 4 is 17.5 Å². The minimum atomic E-state index is -2.93. The van der Waals surface area contributed by atoms with Crippen LogP contribution in [0.25, 0.3) is 5.69 Å². The Hall–Kier alpha value is -4.09. The molecule has 1 amide bonds. The fourth-order valence-corrected chi connectivity index (χ4v) is 3.70. The summed E-state index contributed by atoms with van der Waals surface area (Å²) < 4.78 is 30.1. The van der Waals surface area contributed by atoms with E-state index in [0.717, 1.165) is 12.8 Å². The van der Waals surface area contributed by atoms with Crippen molar-refractivity contribution in [3.8, 4) is 11.4 Å². The number of carbonyl (C=O) groups excluding carboxylic acids is 1. The van der Waals surface area contributed by atoms with Crippen LogP contribution in [-0.2, 0) is 0 Å². The van der Waals surface area contributed by atoms with E-state index in [0.29, 0.717) is 23.7 Å². The third-order valence-corrected chi connectivity index (χ3v) is 5.21. The van der Waals surface area contributed by atoms with E-state index in [9.17, 15) is 18.4 Å². The van der Waals surface area contributed by atoms with E-state index < -0.39 is 12.5 Å². The summed E-state index contributed by atoms with van der Waals surface area (Å²) >= 11 is 0.